The molecule has 0 atom stereocenters. The van der Waals surface area contributed by atoms with Gasteiger partial charge in [-0.1, -0.05) is 6.07 Å². The van der Waals surface area contributed by atoms with Crippen molar-refractivity contribution < 1.29 is 28.6 Å². The van der Waals surface area contributed by atoms with Gasteiger partial charge in [-0.15, -0.1) is 0 Å². The molecule has 1 saturated heterocycles. The van der Waals surface area contributed by atoms with Crippen molar-refractivity contribution in [1.29, 1.82) is 0 Å². The van der Waals surface area contributed by atoms with Crippen molar-refractivity contribution in [1.82, 2.24) is 4.90 Å². The van der Waals surface area contributed by atoms with Gasteiger partial charge in [0.15, 0.2) is 5.78 Å². The lowest BCUT2D eigenvalue weighted by atomic mass is 10.0. The smallest absolute Gasteiger partial charge is 0.411 e. The molecule has 1 heterocycles. The van der Waals surface area contributed by atoms with Gasteiger partial charge in [0.25, 0.3) is 0 Å². The molecular formula is C25H31N3O6. The number of para-hydroxylation sites is 1. The highest BCUT2D eigenvalue weighted by molar-refractivity contribution is 6.15. The third-order valence-electron chi connectivity index (χ3n) is 5.29. The molecule has 0 aromatic heterocycles. The standard InChI is InChI=1S/C25H31N3O6/c1-25(2,3)34-24(31)28-14-12-18(13-15-28)33-23(30)27-21-19(6-5-7-20(21)26)22(29)16-8-10-17(32-4)11-9-16/h5-11,18H,12-15,26H2,1-4H3,(H,27,30). The third-order valence-corrected chi connectivity index (χ3v) is 5.29. The summed E-state index contributed by atoms with van der Waals surface area (Å²) in [4.78, 5) is 39.5. The largest absolute Gasteiger partial charge is 0.497 e. The average Bonchev–Trinajstić information content (AvgIpc) is 2.79. The van der Waals surface area contributed by atoms with Gasteiger partial charge >= 0.3 is 12.2 Å². The number of rotatable bonds is 5. The molecule has 3 N–H and O–H groups in total. The molecule has 0 spiro atoms. The van der Waals surface area contributed by atoms with Crippen LogP contribution >= 0.6 is 0 Å². The van der Waals surface area contributed by atoms with Gasteiger partial charge in [0.1, 0.15) is 17.5 Å². The molecule has 2 amide bonds. The zero-order chi connectivity index (χ0) is 24.9. The van der Waals surface area contributed by atoms with Crippen LogP contribution in [-0.4, -0.2) is 54.8 Å². The predicted octanol–water partition coefficient (Wildman–Crippen LogP) is 4.46. The second kappa shape index (κ2) is 10.5. The quantitative estimate of drug-likeness (QED) is 0.490. The van der Waals surface area contributed by atoms with E-state index in [9.17, 15) is 14.4 Å². The molecule has 34 heavy (non-hydrogen) atoms. The Morgan fingerprint density at radius 3 is 2.26 bits per heavy atom. The topological polar surface area (TPSA) is 120 Å². The minimum Gasteiger partial charge on any atom is -0.497 e. The predicted molar refractivity (Wildman–Crippen MR) is 128 cm³/mol. The zero-order valence-corrected chi connectivity index (χ0v) is 19.9. The van der Waals surface area contributed by atoms with E-state index in [-0.39, 0.29) is 34.9 Å². The van der Waals surface area contributed by atoms with E-state index in [1.807, 2.05) is 20.8 Å². The Bertz CT molecular complexity index is 1040. The number of hydrogen-bond donors (Lipinski definition) is 2. The van der Waals surface area contributed by atoms with Crippen LogP contribution < -0.4 is 15.8 Å². The van der Waals surface area contributed by atoms with Crippen LogP contribution in [0.3, 0.4) is 0 Å². The Labute approximate surface area is 199 Å². The summed E-state index contributed by atoms with van der Waals surface area (Å²) in [5, 5.41) is 2.63. The summed E-state index contributed by atoms with van der Waals surface area (Å²) < 4.78 is 16.1. The molecule has 2 aromatic rings. The maximum atomic E-state index is 13.1. The molecule has 0 aliphatic carbocycles. The van der Waals surface area contributed by atoms with Gasteiger partial charge in [-0.2, -0.15) is 0 Å². The Morgan fingerprint density at radius 2 is 1.68 bits per heavy atom. The van der Waals surface area contributed by atoms with Gasteiger partial charge in [0.2, 0.25) is 0 Å². The van der Waals surface area contributed by atoms with E-state index in [0.717, 1.165) is 0 Å². The fourth-order valence-electron chi connectivity index (χ4n) is 3.56. The number of nitrogens with zero attached hydrogens (tertiary/aromatic N) is 1. The van der Waals surface area contributed by atoms with E-state index in [1.165, 1.54) is 0 Å². The molecule has 9 nitrogen and oxygen atoms in total. The Kier molecular flexibility index (Phi) is 7.65. The lowest BCUT2D eigenvalue weighted by Crippen LogP contribution is -2.44. The summed E-state index contributed by atoms with van der Waals surface area (Å²) in [6.07, 6.45) is -0.501. The minimum atomic E-state index is -0.711. The molecule has 9 heteroatoms. The van der Waals surface area contributed by atoms with Gasteiger partial charge < -0.3 is 24.8 Å². The van der Waals surface area contributed by atoms with Crippen molar-refractivity contribution in [2.45, 2.75) is 45.3 Å². The first-order chi connectivity index (χ1) is 16.1. The maximum Gasteiger partial charge on any atom is 0.411 e. The van der Waals surface area contributed by atoms with Gasteiger partial charge in [0.05, 0.1) is 18.5 Å². The summed E-state index contributed by atoms with van der Waals surface area (Å²) in [6.45, 7) is 6.28. The normalized spacial score (nSPS) is 14.3. The number of likely N-dealkylation sites (tertiary alicyclic amines) is 1. The SMILES string of the molecule is COc1ccc(C(=O)c2cccc(N)c2NC(=O)OC2CCN(C(=O)OC(C)(C)C)CC2)cc1. The molecule has 0 saturated carbocycles. The first-order valence-electron chi connectivity index (χ1n) is 11.1. The van der Waals surface area contributed by atoms with Crippen molar-refractivity contribution in [2.24, 2.45) is 0 Å². The summed E-state index contributed by atoms with van der Waals surface area (Å²) in [6, 6.07) is 11.5. The zero-order valence-electron chi connectivity index (χ0n) is 19.9. The number of ether oxygens (including phenoxy) is 3. The molecule has 0 unspecified atom stereocenters. The first-order valence-corrected chi connectivity index (χ1v) is 11.1. The number of amides is 2. The average molecular weight is 470 g/mol. The van der Waals surface area contributed by atoms with Crippen molar-refractivity contribution in [3.8, 4) is 5.75 Å². The molecule has 0 bridgehead atoms. The van der Waals surface area contributed by atoms with Crippen LogP contribution in [0.15, 0.2) is 42.5 Å². The number of anilines is 2. The highest BCUT2D eigenvalue weighted by Crippen LogP contribution is 2.27. The van der Waals surface area contributed by atoms with Crippen molar-refractivity contribution in [3.05, 3.63) is 53.6 Å². The van der Waals surface area contributed by atoms with Crippen LogP contribution in [0.25, 0.3) is 0 Å². The summed E-state index contributed by atoms with van der Waals surface area (Å²) in [5.74, 6) is 0.333. The van der Waals surface area contributed by atoms with Gasteiger partial charge in [-0.3, -0.25) is 10.1 Å². The number of nitrogen functional groups attached to an aromatic ring is 1. The number of benzene rings is 2. The van der Waals surface area contributed by atoms with Gasteiger partial charge in [-0.05, 0) is 57.2 Å². The fraction of sp³-hybridized carbons (Fsp3) is 0.400. The van der Waals surface area contributed by atoms with E-state index < -0.39 is 11.7 Å². The molecule has 0 radical (unpaired) electrons. The molecular weight excluding hydrogens is 438 g/mol. The third kappa shape index (κ3) is 6.40. The van der Waals surface area contributed by atoms with E-state index in [2.05, 4.69) is 5.32 Å². The number of nitrogens with one attached hydrogen (secondary N) is 1. The summed E-state index contributed by atoms with van der Waals surface area (Å²) in [7, 11) is 1.55. The van der Waals surface area contributed by atoms with Gasteiger partial charge in [-0.25, -0.2) is 9.59 Å². The molecule has 1 aliphatic rings. The highest BCUT2D eigenvalue weighted by atomic mass is 16.6. The van der Waals surface area contributed by atoms with Crippen LogP contribution in [-0.2, 0) is 9.47 Å². The number of carbonyl (C=O) groups is 3. The van der Waals surface area contributed by atoms with Crippen LogP contribution in [0, 0.1) is 0 Å². The van der Waals surface area contributed by atoms with E-state index in [1.54, 1.807) is 54.5 Å². The molecule has 3 rings (SSSR count). The van der Waals surface area contributed by atoms with E-state index in [0.29, 0.717) is 37.2 Å². The Morgan fingerprint density at radius 1 is 1.03 bits per heavy atom. The van der Waals surface area contributed by atoms with Crippen molar-refractivity contribution >= 4 is 29.3 Å². The van der Waals surface area contributed by atoms with E-state index >= 15 is 0 Å². The minimum absolute atomic E-state index is 0.194. The first kappa shape index (κ1) is 24.9. The molecule has 1 fully saturated rings. The Hall–Kier alpha value is -3.75. The molecule has 2 aromatic carbocycles. The summed E-state index contributed by atoms with van der Waals surface area (Å²) >= 11 is 0. The summed E-state index contributed by atoms with van der Waals surface area (Å²) in [5.41, 5.74) is 6.62. The van der Waals surface area contributed by atoms with Gasteiger partial charge in [0, 0.05) is 37.1 Å². The lowest BCUT2D eigenvalue weighted by molar-refractivity contribution is 0.00793. The van der Waals surface area contributed by atoms with Crippen molar-refractivity contribution in [2.75, 3.05) is 31.2 Å². The molecule has 1 aliphatic heterocycles. The number of ketones is 1. The molecule has 182 valence electrons. The number of nitrogens with two attached hydrogens (primary N) is 1. The number of carbonyl (C=O) groups excluding carboxylic acids is 3. The second-order valence-electron chi connectivity index (χ2n) is 9.02. The number of piperidine rings is 1. The maximum absolute atomic E-state index is 13.1. The lowest BCUT2D eigenvalue weighted by Gasteiger charge is -2.33. The van der Waals surface area contributed by atoms with Crippen LogP contribution in [0.1, 0.15) is 49.5 Å². The number of hydrogen-bond acceptors (Lipinski definition) is 7. The number of methoxy groups -OCH3 is 1. The second-order valence-corrected chi connectivity index (χ2v) is 9.02. The van der Waals surface area contributed by atoms with Crippen molar-refractivity contribution in [3.63, 3.8) is 0 Å². The van der Waals surface area contributed by atoms with Crippen LogP contribution in [0.5, 0.6) is 5.75 Å². The fourth-order valence-corrected chi connectivity index (χ4v) is 3.56. The Balaban J connectivity index is 1.62. The van der Waals surface area contributed by atoms with E-state index in [4.69, 9.17) is 19.9 Å². The van der Waals surface area contributed by atoms with Crippen LogP contribution in [0.2, 0.25) is 0 Å². The highest BCUT2D eigenvalue weighted by Gasteiger charge is 2.29. The van der Waals surface area contributed by atoms with Crippen LogP contribution in [0.4, 0.5) is 21.0 Å². The monoisotopic (exact) mass is 469 g/mol.